The Morgan fingerprint density at radius 3 is 2.29 bits per heavy atom. The van der Waals surface area contributed by atoms with E-state index in [1.54, 1.807) is 0 Å². The number of hydrogen-bond donors (Lipinski definition) is 1. The summed E-state index contributed by atoms with van der Waals surface area (Å²) >= 11 is 0. The van der Waals surface area contributed by atoms with Crippen LogP contribution < -0.4 is 5.32 Å². The molecule has 0 heterocycles. The molecule has 4 nitrogen and oxygen atoms in total. The number of amides is 2. The van der Waals surface area contributed by atoms with Crippen LogP contribution in [0.15, 0.2) is 0 Å². The van der Waals surface area contributed by atoms with Crippen LogP contribution in [0.1, 0.15) is 20.8 Å². The smallest absolute Gasteiger partial charge is 0.317 e. The first-order valence-corrected chi connectivity index (χ1v) is 5.18. The van der Waals surface area contributed by atoms with Crippen LogP contribution in [0.3, 0.4) is 0 Å². The summed E-state index contributed by atoms with van der Waals surface area (Å²) in [6.07, 6.45) is 0. The minimum Gasteiger partial charge on any atom is -0.337 e. The number of hydrogen-bond acceptors (Lipinski definition) is 2. The summed E-state index contributed by atoms with van der Waals surface area (Å²) in [5, 5.41) is 2.89. The molecule has 0 saturated heterocycles. The van der Waals surface area contributed by atoms with E-state index in [-0.39, 0.29) is 12.1 Å². The number of nitrogens with one attached hydrogen (secondary N) is 1. The molecular formula is C10H23N3O. The van der Waals surface area contributed by atoms with Gasteiger partial charge in [0.1, 0.15) is 0 Å². The summed E-state index contributed by atoms with van der Waals surface area (Å²) < 4.78 is 0. The Morgan fingerprint density at radius 2 is 1.93 bits per heavy atom. The molecule has 0 radical (unpaired) electrons. The van der Waals surface area contributed by atoms with Gasteiger partial charge in [0.15, 0.2) is 0 Å². The molecule has 0 aliphatic heterocycles. The minimum atomic E-state index is 0.0318. The molecule has 4 heteroatoms. The van der Waals surface area contributed by atoms with Crippen molar-refractivity contribution in [2.75, 3.05) is 33.7 Å². The molecule has 84 valence electrons. The third kappa shape index (κ3) is 5.07. The summed E-state index contributed by atoms with van der Waals surface area (Å²) in [5.74, 6) is 0. The summed E-state index contributed by atoms with van der Waals surface area (Å²) in [6, 6.07) is 0.295. The average Bonchev–Trinajstić information content (AvgIpc) is 2.03. The summed E-state index contributed by atoms with van der Waals surface area (Å²) in [7, 11) is 3.98. The van der Waals surface area contributed by atoms with Gasteiger partial charge in [-0.15, -0.1) is 0 Å². The van der Waals surface area contributed by atoms with Crippen LogP contribution in [0.4, 0.5) is 4.79 Å². The molecule has 0 spiro atoms. The molecule has 0 aromatic rings. The molecule has 0 aromatic heterocycles. The second-order valence-electron chi connectivity index (χ2n) is 3.91. The number of likely N-dealkylation sites (N-methyl/N-ethyl adjacent to an activating group) is 1. The molecule has 2 amide bonds. The third-order valence-corrected chi connectivity index (χ3v) is 2.06. The fraction of sp³-hybridized carbons (Fsp3) is 0.900. The van der Waals surface area contributed by atoms with Gasteiger partial charge < -0.3 is 15.1 Å². The summed E-state index contributed by atoms with van der Waals surface area (Å²) in [6.45, 7) is 8.37. The zero-order valence-corrected chi connectivity index (χ0v) is 10.0. The largest absolute Gasteiger partial charge is 0.337 e. The predicted molar refractivity (Wildman–Crippen MR) is 59.5 cm³/mol. The fourth-order valence-electron chi connectivity index (χ4n) is 1.23. The van der Waals surface area contributed by atoms with Gasteiger partial charge in [0.2, 0.25) is 0 Å². The van der Waals surface area contributed by atoms with Gasteiger partial charge in [0, 0.05) is 25.7 Å². The van der Waals surface area contributed by atoms with Gasteiger partial charge in [0.25, 0.3) is 0 Å². The van der Waals surface area contributed by atoms with Gasteiger partial charge in [-0.3, -0.25) is 0 Å². The Kier molecular flexibility index (Phi) is 6.28. The Bertz CT molecular complexity index is 169. The first-order chi connectivity index (χ1) is 6.49. The molecule has 0 bridgehead atoms. The monoisotopic (exact) mass is 201 g/mol. The highest BCUT2D eigenvalue weighted by molar-refractivity contribution is 5.74. The van der Waals surface area contributed by atoms with Crippen molar-refractivity contribution in [2.45, 2.75) is 26.8 Å². The van der Waals surface area contributed by atoms with Crippen molar-refractivity contribution < 1.29 is 4.79 Å². The van der Waals surface area contributed by atoms with Gasteiger partial charge in [0.05, 0.1) is 0 Å². The number of carbonyl (C=O) groups is 1. The second-order valence-corrected chi connectivity index (χ2v) is 3.91. The lowest BCUT2D eigenvalue weighted by Crippen LogP contribution is -2.45. The van der Waals surface area contributed by atoms with Crippen molar-refractivity contribution in [3.63, 3.8) is 0 Å². The van der Waals surface area contributed by atoms with E-state index in [4.69, 9.17) is 0 Å². The lowest BCUT2D eigenvalue weighted by molar-refractivity contribution is 0.186. The van der Waals surface area contributed by atoms with Gasteiger partial charge in [-0.2, -0.15) is 0 Å². The molecule has 0 atom stereocenters. The van der Waals surface area contributed by atoms with Crippen molar-refractivity contribution in [2.24, 2.45) is 0 Å². The molecule has 0 aromatic carbocycles. The normalized spacial score (nSPS) is 10.8. The number of urea groups is 1. The van der Waals surface area contributed by atoms with Crippen LogP contribution in [0, 0.1) is 0 Å². The number of carbonyl (C=O) groups excluding carboxylic acids is 1. The SMILES string of the molecule is CCN(C(=O)NCCN(C)C)C(C)C. The molecule has 0 fully saturated rings. The maximum absolute atomic E-state index is 11.6. The highest BCUT2D eigenvalue weighted by Crippen LogP contribution is 1.97. The van der Waals surface area contributed by atoms with E-state index >= 15 is 0 Å². The van der Waals surface area contributed by atoms with Crippen LogP contribution >= 0.6 is 0 Å². The molecule has 0 unspecified atom stereocenters. The van der Waals surface area contributed by atoms with Gasteiger partial charge in [-0.25, -0.2) is 4.79 Å². The molecule has 0 rings (SSSR count). The van der Waals surface area contributed by atoms with Crippen molar-refractivity contribution in [3.05, 3.63) is 0 Å². The van der Waals surface area contributed by atoms with Gasteiger partial charge >= 0.3 is 6.03 Å². The van der Waals surface area contributed by atoms with Gasteiger partial charge in [-0.1, -0.05) is 0 Å². The Hall–Kier alpha value is -0.770. The van der Waals surface area contributed by atoms with E-state index in [9.17, 15) is 4.79 Å². The Balaban J connectivity index is 3.81. The summed E-state index contributed by atoms with van der Waals surface area (Å²) in [4.78, 5) is 15.5. The minimum absolute atomic E-state index is 0.0318. The number of nitrogens with zero attached hydrogens (tertiary/aromatic N) is 2. The highest BCUT2D eigenvalue weighted by Gasteiger charge is 2.13. The predicted octanol–water partition coefficient (Wildman–Crippen LogP) is 0.988. The average molecular weight is 201 g/mol. The zero-order valence-electron chi connectivity index (χ0n) is 10.0. The molecule has 0 aliphatic rings. The Labute approximate surface area is 87.3 Å². The maximum Gasteiger partial charge on any atom is 0.317 e. The third-order valence-electron chi connectivity index (χ3n) is 2.06. The lowest BCUT2D eigenvalue weighted by Gasteiger charge is -2.25. The van der Waals surface area contributed by atoms with Crippen molar-refractivity contribution in [1.82, 2.24) is 15.1 Å². The van der Waals surface area contributed by atoms with Crippen molar-refractivity contribution >= 4 is 6.03 Å². The number of rotatable bonds is 5. The van der Waals surface area contributed by atoms with E-state index in [2.05, 4.69) is 5.32 Å². The lowest BCUT2D eigenvalue weighted by atomic mass is 10.3. The van der Waals surface area contributed by atoms with Crippen molar-refractivity contribution in [1.29, 1.82) is 0 Å². The quantitative estimate of drug-likeness (QED) is 0.720. The van der Waals surface area contributed by atoms with Crippen LogP contribution in [-0.2, 0) is 0 Å². The maximum atomic E-state index is 11.6. The zero-order chi connectivity index (χ0) is 11.1. The van der Waals surface area contributed by atoms with E-state index in [0.717, 1.165) is 13.1 Å². The first kappa shape index (κ1) is 13.2. The molecule has 1 N–H and O–H groups in total. The highest BCUT2D eigenvalue weighted by atomic mass is 16.2. The molecule has 0 saturated carbocycles. The molecular weight excluding hydrogens is 178 g/mol. The van der Waals surface area contributed by atoms with E-state index in [0.29, 0.717) is 6.54 Å². The van der Waals surface area contributed by atoms with E-state index in [1.165, 1.54) is 0 Å². The van der Waals surface area contributed by atoms with E-state index < -0.39 is 0 Å². The second kappa shape index (κ2) is 6.65. The van der Waals surface area contributed by atoms with Crippen LogP contribution in [0.5, 0.6) is 0 Å². The van der Waals surface area contributed by atoms with E-state index in [1.807, 2.05) is 44.7 Å². The van der Waals surface area contributed by atoms with Crippen molar-refractivity contribution in [3.8, 4) is 0 Å². The molecule has 0 aliphatic carbocycles. The molecule has 14 heavy (non-hydrogen) atoms. The van der Waals surface area contributed by atoms with Crippen LogP contribution in [0.25, 0.3) is 0 Å². The van der Waals surface area contributed by atoms with Gasteiger partial charge in [-0.05, 0) is 34.9 Å². The first-order valence-electron chi connectivity index (χ1n) is 5.18. The van der Waals surface area contributed by atoms with Crippen LogP contribution in [-0.4, -0.2) is 55.6 Å². The van der Waals surface area contributed by atoms with Crippen LogP contribution in [0.2, 0.25) is 0 Å². The topological polar surface area (TPSA) is 35.6 Å². The fourth-order valence-corrected chi connectivity index (χ4v) is 1.23. The standard InChI is InChI=1S/C10H23N3O/c1-6-13(9(2)3)10(14)11-7-8-12(4)5/h9H,6-8H2,1-5H3,(H,11,14). The summed E-state index contributed by atoms with van der Waals surface area (Å²) in [5.41, 5.74) is 0. The Morgan fingerprint density at radius 1 is 1.36 bits per heavy atom.